The van der Waals surface area contributed by atoms with Gasteiger partial charge in [-0.05, 0) is 44.5 Å². The summed E-state index contributed by atoms with van der Waals surface area (Å²) >= 11 is 0. The van der Waals surface area contributed by atoms with Gasteiger partial charge < -0.3 is 10.1 Å². The molecule has 1 unspecified atom stereocenters. The van der Waals surface area contributed by atoms with Gasteiger partial charge in [0, 0.05) is 16.9 Å². The maximum absolute atomic E-state index is 13.5. The summed E-state index contributed by atoms with van der Waals surface area (Å²) in [7, 11) is 1.32. The van der Waals surface area contributed by atoms with Crippen LogP contribution in [0.25, 0.3) is 0 Å². The summed E-state index contributed by atoms with van der Waals surface area (Å²) in [5, 5.41) is 9.94. The minimum Gasteiger partial charge on any atom is -0.467 e. The van der Waals surface area contributed by atoms with E-state index in [9.17, 15) is 9.18 Å². The number of methoxy groups -OCH3 is 1. The standard InChI is InChI=1S/C15H18FN3O2/c1-8-5-11(16)7-12(6-8)17-14(15(20)21-4)13-9(2)18-19-10(13)3/h5-7,14,17H,1-4H3,(H,18,19). The van der Waals surface area contributed by atoms with Crippen molar-refractivity contribution in [2.24, 2.45) is 0 Å². The Kier molecular flexibility index (Phi) is 4.26. The van der Waals surface area contributed by atoms with Crippen molar-refractivity contribution >= 4 is 11.7 Å². The van der Waals surface area contributed by atoms with E-state index in [0.29, 0.717) is 16.9 Å². The number of hydrogen-bond donors (Lipinski definition) is 2. The third-order valence-corrected chi connectivity index (χ3v) is 3.26. The van der Waals surface area contributed by atoms with Gasteiger partial charge in [0.1, 0.15) is 5.82 Å². The second-order valence-corrected chi connectivity index (χ2v) is 4.97. The second kappa shape index (κ2) is 5.95. The molecule has 0 radical (unpaired) electrons. The highest BCUT2D eigenvalue weighted by molar-refractivity contribution is 5.81. The first-order valence-electron chi connectivity index (χ1n) is 6.55. The normalized spacial score (nSPS) is 12.0. The van der Waals surface area contributed by atoms with Gasteiger partial charge in [0.05, 0.1) is 12.8 Å². The molecule has 1 heterocycles. The van der Waals surface area contributed by atoms with E-state index in [1.807, 2.05) is 6.92 Å². The van der Waals surface area contributed by atoms with Crippen LogP contribution < -0.4 is 5.32 Å². The highest BCUT2D eigenvalue weighted by Crippen LogP contribution is 2.26. The van der Waals surface area contributed by atoms with E-state index >= 15 is 0 Å². The van der Waals surface area contributed by atoms with E-state index in [1.165, 1.54) is 19.2 Å². The predicted molar refractivity (Wildman–Crippen MR) is 77.6 cm³/mol. The molecule has 0 aliphatic rings. The molecule has 1 aromatic carbocycles. The fraction of sp³-hybridized carbons (Fsp3) is 0.333. The molecule has 0 amide bonds. The zero-order chi connectivity index (χ0) is 15.6. The molecule has 6 heteroatoms. The maximum Gasteiger partial charge on any atom is 0.333 e. The fourth-order valence-electron chi connectivity index (χ4n) is 2.34. The zero-order valence-electron chi connectivity index (χ0n) is 12.5. The van der Waals surface area contributed by atoms with Crippen molar-refractivity contribution in [3.8, 4) is 0 Å². The minimum atomic E-state index is -0.741. The number of anilines is 1. The van der Waals surface area contributed by atoms with Crippen LogP contribution in [0.2, 0.25) is 0 Å². The van der Waals surface area contributed by atoms with Crippen LogP contribution in [0, 0.1) is 26.6 Å². The van der Waals surface area contributed by atoms with Crippen LogP contribution in [0.4, 0.5) is 10.1 Å². The smallest absolute Gasteiger partial charge is 0.333 e. The number of halogens is 1. The number of carbonyl (C=O) groups excluding carboxylic acids is 1. The SMILES string of the molecule is COC(=O)C(Nc1cc(C)cc(F)c1)c1c(C)n[nH]c1C. The van der Waals surface area contributed by atoms with Gasteiger partial charge in [-0.25, -0.2) is 9.18 Å². The molecule has 0 aliphatic carbocycles. The number of H-pyrrole nitrogens is 1. The van der Waals surface area contributed by atoms with Gasteiger partial charge in [-0.15, -0.1) is 0 Å². The molecule has 112 valence electrons. The summed E-state index contributed by atoms with van der Waals surface area (Å²) in [6, 6.07) is 3.79. The number of nitrogens with one attached hydrogen (secondary N) is 2. The number of benzene rings is 1. The quantitative estimate of drug-likeness (QED) is 0.850. The molecule has 0 fully saturated rings. The molecule has 0 saturated heterocycles. The molecule has 0 aliphatic heterocycles. The third-order valence-electron chi connectivity index (χ3n) is 3.26. The van der Waals surface area contributed by atoms with Crippen LogP contribution in [-0.4, -0.2) is 23.3 Å². The van der Waals surface area contributed by atoms with E-state index in [4.69, 9.17) is 4.74 Å². The van der Waals surface area contributed by atoms with Crippen molar-refractivity contribution in [2.75, 3.05) is 12.4 Å². The Morgan fingerprint density at radius 2 is 2.05 bits per heavy atom. The van der Waals surface area contributed by atoms with Crippen LogP contribution >= 0.6 is 0 Å². The molecule has 0 spiro atoms. The molecule has 1 aromatic heterocycles. The number of aromatic amines is 1. The van der Waals surface area contributed by atoms with Gasteiger partial charge in [0.2, 0.25) is 0 Å². The Balaban J connectivity index is 2.40. The van der Waals surface area contributed by atoms with Gasteiger partial charge in [0.25, 0.3) is 0 Å². The Morgan fingerprint density at radius 1 is 1.33 bits per heavy atom. The number of nitrogens with zero attached hydrogens (tertiary/aromatic N) is 1. The van der Waals surface area contributed by atoms with E-state index in [0.717, 1.165) is 11.3 Å². The highest BCUT2D eigenvalue weighted by atomic mass is 19.1. The molecule has 1 atom stereocenters. The van der Waals surface area contributed by atoms with E-state index in [-0.39, 0.29) is 5.82 Å². The molecule has 21 heavy (non-hydrogen) atoms. The van der Waals surface area contributed by atoms with E-state index < -0.39 is 12.0 Å². The molecule has 0 saturated carbocycles. The van der Waals surface area contributed by atoms with Crippen LogP contribution in [0.5, 0.6) is 0 Å². The lowest BCUT2D eigenvalue weighted by atomic mass is 10.0. The average Bonchev–Trinajstić information content (AvgIpc) is 2.74. The highest BCUT2D eigenvalue weighted by Gasteiger charge is 2.26. The first kappa shape index (κ1) is 15.0. The number of rotatable bonds is 4. The lowest BCUT2D eigenvalue weighted by Gasteiger charge is -2.18. The van der Waals surface area contributed by atoms with Gasteiger partial charge in [-0.3, -0.25) is 5.10 Å². The van der Waals surface area contributed by atoms with Crippen LogP contribution in [0.1, 0.15) is 28.6 Å². The number of ether oxygens (including phenoxy) is 1. The van der Waals surface area contributed by atoms with Gasteiger partial charge in [-0.1, -0.05) is 0 Å². The molecular weight excluding hydrogens is 273 g/mol. The lowest BCUT2D eigenvalue weighted by Crippen LogP contribution is -2.23. The molecule has 2 rings (SSSR count). The van der Waals surface area contributed by atoms with Crippen LogP contribution in [0.15, 0.2) is 18.2 Å². The van der Waals surface area contributed by atoms with Gasteiger partial charge >= 0.3 is 5.97 Å². The van der Waals surface area contributed by atoms with E-state index in [2.05, 4.69) is 15.5 Å². The second-order valence-electron chi connectivity index (χ2n) is 4.97. The number of carbonyl (C=O) groups is 1. The topological polar surface area (TPSA) is 67.0 Å². The van der Waals surface area contributed by atoms with Crippen molar-refractivity contribution < 1.29 is 13.9 Å². The Morgan fingerprint density at radius 3 is 2.57 bits per heavy atom. The molecule has 5 nitrogen and oxygen atoms in total. The Labute approximate surface area is 122 Å². The number of aromatic nitrogens is 2. The molecular formula is C15H18FN3O2. The van der Waals surface area contributed by atoms with Gasteiger partial charge in [0.15, 0.2) is 6.04 Å². The van der Waals surface area contributed by atoms with Gasteiger partial charge in [-0.2, -0.15) is 5.10 Å². The summed E-state index contributed by atoms with van der Waals surface area (Å²) < 4.78 is 18.3. The van der Waals surface area contributed by atoms with Crippen molar-refractivity contribution in [3.05, 3.63) is 46.5 Å². The lowest BCUT2D eigenvalue weighted by molar-refractivity contribution is -0.141. The van der Waals surface area contributed by atoms with Crippen molar-refractivity contribution in [2.45, 2.75) is 26.8 Å². The zero-order valence-corrected chi connectivity index (χ0v) is 12.5. The average molecular weight is 291 g/mol. The Hall–Kier alpha value is -2.37. The Bertz CT molecular complexity index is 627. The largest absolute Gasteiger partial charge is 0.467 e. The first-order valence-corrected chi connectivity index (χ1v) is 6.55. The molecule has 0 bridgehead atoms. The van der Waals surface area contributed by atoms with Crippen LogP contribution in [0.3, 0.4) is 0 Å². The maximum atomic E-state index is 13.5. The molecule has 2 N–H and O–H groups in total. The van der Waals surface area contributed by atoms with Crippen LogP contribution in [-0.2, 0) is 9.53 Å². The first-order chi connectivity index (χ1) is 9.92. The minimum absolute atomic E-state index is 0.359. The summed E-state index contributed by atoms with van der Waals surface area (Å²) in [6.07, 6.45) is 0. The number of esters is 1. The predicted octanol–water partition coefficient (Wildman–Crippen LogP) is 2.80. The number of hydrogen-bond acceptors (Lipinski definition) is 4. The van der Waals surface area contributed by atoms with Crippen molar-refractivity contribution in [3.63, 3.8) is 0 Å². The summed E-state index contributed by atoms with van der Waals surface area (Å²) in [5.74, 6) is -0.814. The van der Waals surface area contributed by atoms with E-state index in [1.54, 1.807) is 19.9 Å². The monoisotopic (exact) mass is 291 g/mol. The summed E-state index contributed by atoms with van der Waals surface area (Å²) in [5.41, 5.74) is 3.46. The third kappa shape index (κ3) is 3.21. The van der Waals surface area contributed by atoms with Crippen molar-refractivity contribution in [1.82, 2.24) is 10.2 Å². The molecule has 2 aromatic rings. The van der Waals surface area contributed by atoms with Crippen molar-refractivity contribution in [1.29, 1.82) is 0 Å². The summed E-state index contributed by atoms with van der Waals surface area (Å²) in [4.78, 5) is 12.1. The number of aryl methyl sites for hydroxylation is 3. The fourth-order valence-corrected chi connectivity index (χ4v) is 2.34. The summed E-state index contributed by atoms with van der Waals surface area (Å²) in [6.45, 7) is 5.41.